The van der Waals surface area contributed by atoms with Crippen molar-refractivity contribution in [1.82, 2.24) is 4.98 Å². The van der Waals surface area contributed by atoms with E-state index in [2.05, 4.69) is 20.9 Å². The number of nitriles is 1. The van der Waals surface area contributed by atoms with Crippen molar-refractivity contribution in [3.63, 3.8) is 0 Å². The summed E-state index contributed by atoms with van der Waals surface area (Å²) in [7, 11) is 0. The van der Waals surface area contributed by atoms with Gasteiger partial charge in [0.2, 0.25) is 0 Å². The predicted molar refractivity (Wildman–Crippen MR) is 50.3 cm³/mol. The number of hydrogen-bond donors (Lipinski definition) is 0. The van der Waals surface area contributed by atoms with Crippen LogP contribution in [0.25, 0.3) is 0 Å². The third-order valence-corrected chi connectivity index (χ3v) is 2.20. The first kappa shape index (κ1) is 8.52. The van der Waals surface area contributed by atoms with Gasteiger partial charge in [-0.25, -0.2) is 4.98 Å². The van der Waals surface area contributed by atoms with E-state index in [0.717, 1.165) is 12.8 Å². The molecule has 0 bridgehead atoms. The maximum Gasteiger partial charge on any atom is 0.141 e. The van der Waals surface area contributed by atoms with E-state index < -0.39 is 0 Å². The molecule has 1 heterocycles. The highest BCUT2D eigenvalue weighted by Gasteiger charge is 2.24. The van der Waals surface area contributed by atoms with Crippen LogP contribution in [0.4, 0.5) is 0 Å². The van der Waals surface area contributed by atoms with Gasteiger partial charge in [0, 0.05) is 12.3 Å². The Balaban J connectivity index is 2.29. The Kier molecular flexibility index (Phi) is 2.19. The summed E-state index contributed by atoms with van der Waals surface area (Å²) in [5.74, 6) is 0.631. The van der Waals surface area contributed by atoms with Gasteiger partial charge in [0.1, 0.15) is 22.0 Å². The Morgan fingerprint density at radius 2 is 2.38 bits per heavy atom. The fourth-order valence-corrected chi connectivity index (χ4v) is 1.27. The van der Waals surface area contributed by atoms with Crippen LogP contribution >= 0.6 is 15.9 Å². The van der Waals surface area contributed by atoms with Crippen molar-refractivity contribution in [3.8, 4) is 11.8 Å². The van der Waals surface area contributed by atoms with Crippen molar-refractivity contribution in [2.24, 2.45) is 0 Å². The number of aromatic nitrogens is 1. The molecule has 1 fully saturated rings. The van der Waals surface area contributed by atoms with Gasteiger partial charge in [0.05, 0.1) is 6.10 Å². The van der Waals surface area contributed by atoms with Gasteiger partial charge in [-0.1, -0.05) is 0 Å². The predicted octanol–water partition coefficient (Wildman–Crippen LogP) is 2.26. The Morgan fingerprint density at radius 3 is 3.00 bits per heavy atom. The molecule has 2 rings (SSSR count). The second-order valence-electron chi connectivity index (χ2n) is 2.93. The molecule has 13 heavy (non-hydrogen) atoms. The zero-order chi connectivity index (χ0) is 9.26. The van der Waals surface area contributed by atoms with E-state index in [1.165, 1.54) is 6.20 Å². The summed E-state index contributed by atoms with van der Waals surface area (Å²) < 4.78 is 6.23. The first-order valence-electron chi connectivity index (χ1n) is 4.02. The van der Waals surface area contributed by atoms with E-state index in [0.29, 0.717) is 22.0 Å². The molecule has 1 aliphatic carbocycles. The van der Waals surface area contributed by atoms with Crippen molar-refractivity contribution in [2.45, 2.75) is 18.9 Å². The lowest BCUT2D eigenvalue weighted by Crippen LogP contribution is -1.98. The van der Waals surface area contributed by atoms with E-state index >= 15 is 0 Å². The molecule has 0 N–H and O–H groups in total. The van der Waals surface area contributed by atoms with Gasteiger partial charge in [-0.2, -0.15) is 5.26 Å². The van der Waals surface area contributed by atoms with Gasteiger partial charge >= 0.3 is 0 Å². The number of hydrogen-bond acceptors (Lipinski definition) is 3. The molecule has 4 heteroatoms. The third kappa shape index (κ3) is 1.99. The number of ether oxygens (including phenoxy) is 1. The highest BCUT2D eigenvalue weighted by Crippen LogP contribution is 2.29. The number of rotatable bonds is 2. The van der Waals surface area contributed by atoms with Crippen molar-refractivity contribution in [1.29, 1.82) is 5.26 Å². The summed E-state index contributed by atoms with van der Waals surface area (Å²) >= 11 is 3.24. The van der Waals surface area contributed by atoms with E-state index in [9.17, 15) is 0 Å². The molecule has 0 radical (unpaired) electrons. The van der Waals surface area contributed by atoms with E-state index in [1.807, 2.05) is 6.07 Å². The summed E-state index contributed by atoms with van der Waals surface area (Å²) in [6, 6.07) is 3.78. The zero-order valence-electron chi connectivity index (χ0n) is 6.83. The molecule has 0 atom stereocenters. The molecule has 0 aliphatic heterocycles. The van der Waals surface area contributed by atoms with Gasteiger partial charge in [-0.05, 0) is 28.8 Å². The van der Waals surface area contributed by atoms with Crippen molar-refractivity contribution < 1.29 is 4.74 Å². The molecule has 1 aromatic rings. The fourth-order valence-electron chi connectivity index (χ4n) is 0.960. The maximum atomic E-state index is 8.76. The Morgan fingerprint density at radius 1 is 1.62 bits per heavy atom. The fraction of sp³-hybridized carbons (Fsp3) is 0.333. The molecule has 1 aliphatic rings. The van der Waals surface area contributed by atoms with Gasteiger partial charge < -0.3 is 4.74 Å². The molecular formula is C9H7BrN2O. The highest BCUT2D eigenvalue weighted by atomic mass is 79.9. The summed E-state index contributed by atoms with van der Waals surface area (Å²) in [4.78, 5) is 3.95. The van der Waals surface area contributed by atoms with Crippen LogP contribution < -0.4 is 4.74 Å². The number of halogens is 1. The second-order valence-corrected chi connectivity index (χ2v) is 3.74. The maximum absolute atomic E-state index is 8.76. The lowest BCUT2D eigenvalue weighted by atomic mass is 10.3. The average molecular weight is 239 g/mol. The first-order valence-corrected chi connectivity index (χ1v) is 4.81. The minimum absolute atomic E-state index is 0.307. The number of pyridine rings is 1. The summed E-state index contributed by atoms with van der Waals surface area (Å²) in [6.07, 6.45) is 4.00. The van der Waals surface area contributed by atoms with E-state index in [1.54, 1.807) is 6.07 Å². The van der Waals surface area contributed by atoms with Gasteiger partial charge in [0.25, 0.3) is 0 Å². The van der Waals surface area contributed by atoms with Crippen LogP contribution in [-0.2, 0) is 0 Å². The van der Waals surface area contributed by atoms with Crippen LogP contribution in [0.15, 0.2) is 16.9 Å². The molecule has 0 amide bonds. The molecule has 0 unspecified atom stereocenters. The Bertz CT molecular complexity index is 368. The molecule has 1 saturated carbocycles. The number of nitrogens with zero attached hydrogens (tertiary/aromatic N) is 2. The van der Waals surface area contributed by atoms with Crippen molar-refractivity contribution >= 4 is 15.9 Å². The summed E-state index contributed by atoms with van der Waals surface area (Å²) in [5, 5.41) is 8.76. The van der Waals surface area contributed by atoms with Gasteiger partial charge in [-0.15, -0.1) is 0 Å². The highest BCUT2D eigenvalue weighted by molar-refractivity contribution is 9.10. The molecule has 0 aromatic carbocycles. The van der Waals surface area contributed by atoms with Crippen LogP contribution in [0.3, 0.4) is 0 Å². The molecule has 0 spiro atoms. The first-order chi connectivity index (χ1) is 6.29. The van der Waals surface area contributed by atoms with Gasteiger partial charge in [-0.3, -0.25) is 0 Å². The summed E-state index contributed by atoms with van der Waals surface area (Å²) in [6.45, 7) is 0. The molecule has 1 aromatic heterocycles. The largest absolute Gasteiger partial charge is 0.489 e. The molecular weight excluding hydrogens is 232 g/mol. The smallest absolute Gasteiger partial charge is 0.141 e. The minimum atomic E-state index is 0.307. The molecule has 66 valence electrons. The van der Waals surface area contributed by atoms with Crippen LogP contribution in [0.5, 0.6) is 5.75 Å². The topological polar surface area (TPSA) is 45.9 Å². The van der Waals surface area contributed by atoms with Crippen LogP contribution in [0.2, 0.25) is 0 Å². The normalized spacial score (nSPS) is 15.1. The lowest BCUT2D eigenvalue weighted by Gasteiger charge is -2.05. The molecule has 0 saturated heterocycles. The standard InChI is InChI=1S/C9H7BrN2O/c10-9-3-8(13-7-1-2-7)6(4-11)5-12-9/h3,5,7H,1-2H2. The van der Waals surface area contributed by atoms with Crippen molar-refractivity contribution in [3.05, 3.63) is 22.4 Å². The van der Waals surface area contributed by atoms with Crippen LogP contribution in [-0.4, -0.2) is 11.1 Å². The quantitative estimate of drug-likeness (QED) is 0.743. The van der Waals surface area contributed by atoms with Crippen LogP contribution in [0, 0.1) is 11.3 Å². The zero-order valence-corrected chi connectivity index (χ0v) is 8.41. The third-order valence-electron chi connectivity index (χ3n) is 1.77. The summed E-state index contributed by atoms with van der Waals surface area (Å²) in [5.41, 5.74) is 0.495. The lowest BCUT2D eigenvalue weighted by molar-refractivity contribution is 0.301. The minimum Gasteiger partial charge on any atom is -0.489 e. The Hall–Kier alpha value is -1.08. The second kappa shape index (κ2) is 3.35. The van der Waals surface area contributed by atoms with Gasteiger partial charge in [0.15, 0.2) is 0 Å². The average Bonchev–Trinajstić information content (AvgIpc) is 2.89. The monoisotopic (exact) mass is 238 g/mol. The Labute approximate surface area is 84.5 Å². The van der Waals surface area contributed by atoms with E-state index in [4.69, 9.17) is 10.00 Å². The molecule has 3 nitrogen and oxygen atoms in total. The SMILES string of the molecule is N#Cc1cnc(Br)cc1OC1CC1. The van der Waals surface area contributed by atoms with Crippen molar-refractivity contribution in [2.75, 3.05) is 0 Å². The van der Waals surface area contributed by atoms with Crippen LogP contribution in [0.1, 0.15) is 18.4 Å². The van der Waals surface area contributed by atoms with E-state index in [-0.39, 0.29) is 0 Å².